The topological polar surface area (TPSA) is 52.3 Å². The number of hydrogen-bond acceptors (Lipinski definition) is 3. The van der Waals surface area contributed by atoms with E-state index >= 15 is 0 Å². The standard InChI is InChI=1S/C17H16F3NO2/c1-10(2)23-11-7-8-13(15(21)9-11)16(22)12-5-3-4-6-14(12)17(18,19)20/h3-10H,21H2,1-2H3. The number of carbonyl (C=O) groups excluding carboxylic acids is 1. The first-order chi connectivity index (χ1) is 10.7. The SMILES string of the molecule is CC(C)Oc1ccc(C(=O)c2ccccc2C(F)(F)F)c(N)c1. The van der Waals surface area contributed by atoms with E-state index in [0.29, 0.717) is 5.75 Å². The summed E-state index contributed by atoms with van der Waals surface area (Å²) < 4.78 is 44.5. The predicted molar refractivity (Wildman–Crippen MR) is 81.5 cm³/mol. The van der Waals surface area contributed by atoms with Gasteiger partial charge in [0.1, 0.15) is 5.75 Å². The zero-order chi connectivity index (χ0) is 17.2. The Balaban J connectivity index is 2.43. The van der Waals surface area contributed by atoms with Crippen molar-refractivity contribution in [3.05, 3.63) is 59.2 Å². The summed E-state index contributed by atoms with van der Waals surface area (Å²) in [5, 5.41) is 0. The van der Waals surface area contributed by atoms with Crippen molar-refractivity contribution in [3.8, 4) is 5.75 Å². The highest BCUT2D eigenvalue weighted by atomic mass is 19.4. The van der Waals surface area contributed by atoms with Crippen LogP contribution in [0.2, 0.25) is 0 Å². The van der Waals surface area contributed by atoms with Crippen molar-refractivity contribution in [1.82, 2.24) is 0 Å². The molecule has 0 saturated heterocycles. The average Bonchev–Trinajstić information content (AvgIpc) is 2.45. The van der Waals surface area contributed by atoms with Crippen LogP contribution < -0.4 is 10.5 Å². The summed E-state index contributed by atoms with van der Waals surface area (Å²) in [6, 6.07) is 8.96. The molecule has 0 aliphatic heterocycles. The van der Waals surface area contributed by atoms with Gasteiger partial charge in [0.25, 0.3) is 0 Å². The number of benzene rings is 2. The maximum Gasteiger partial charge on any atom is 0.417 e. The summed E-state index contributed by atoms with van der Waals surface area (Å²) in [6.07, 6.45) is -4.69. The molecule has 0 radical (unpaired) electrons. The minimum atomic E-state index is -4.61. The van der Waals surface area contributed by atoms with E-state index in [1.165, 1.54) is 30.3 Å². The fourth-order valence-electron chi connectivity index (χ4n) is 2.17. The number of hydrogen-bond donors (Lipinski definition) is 1. The van der Waals surface area contributed by atoms with E-state index in [-0.39, 0.29) is 17.4 Å². The van der Waals surface area contributed by atoms with Crippen LogP contribution in [0.3, 0.4) is 0 Å². The van der Waals surface area contributed by atoms with Crippen LogP contribution in [0.1, 0.15) is 35.3 Å². The van der Waals surface area contributed by atoms with Crippen molar-refractivity contribution in [1.29, 1.82) is 0 Å². The van der Waals surface area contributed by atoms with Gasteiger partial charge in [-0.25, -0.2) is 0 Å². The molecule has 0 unspecified atom stereocenters. The maximum atomic E-state index is 13.0. The van der Waals surface area contributed by atoms with Gasteiger partial charge >= 0.3 is 6.18 Å². The zero-order valence-corrected chi connectivity index (χ0v) is 12.6. The molecular formula is C17H16F3NO2. The van der Waals surface area contributed by atoms with E-state index in [2.05, 4.69) is 0 Å². The Bertz CT molecular complexity index is 724. The summed E-state index contributed by atoms with van der Waals surface area (Å²) in [5.41, 5.74) is 4.49. The first-order valence-electron chi connectivity index (χ1n) is 6.97. The number of ether oxygens (including phenoxy) is 1. The monoisotopic (exact) mass is 323 g/mol. The molecule has 122 valence electrons. The summed E-state index contributed by atoms with van der Waals surface area (Å²) in [4.78, 5) is 12.4. The lowest BCUT2D eigenvalue weighted by molar-refractivity contribution is -0.137. The van der Waals surface area contributed by atoms with Crippen molar-refractivity contribution >= 4 is 11.5 Å². The third-order valence-electron chi connectivity index (χ3n) is 3.12. The molecule has 6 heteroatoms. The number of halogens is 3. The van der Waals surface area contributed by atoms with Gasteiger partial charge in [-0.2, -0.15) is 13.2 Å². The molecule has 3 nitrogen and oxygen atoms in total. The number of ketones is 1. The molecule has 0 atom stereocenters. The molecule has 0 bridgehead atoms. The zero-order valence-electron chi connectivity index (χ0n) is 12.6. The van der Waals surface area contributed by atoms with Crippen LogP contribution in [-0.2, 0) is 6.18 Å². The fourth-order valence-corrected chi connectivity index (χ4v) is 2.17. The van der Waals surface area contributed by atoms with Crippen molar-refractivity contribution in [2.45, 2.75) is 26.1 Å². The Labute approximate surface area is 131 Å². The Hall–Kier alpha value is -2.50. The van der Waals surface area contributed by atoms with Gasteiger partial charge < -0.3 is 10.5 Å². The largest absolute Gasteiger partial charge is 0.491 e. The lowest BCUT2D eigenvalue weighted by Gasteiger charge is -2.14. The molecule has 0 spiro atoms. The number of carbonyl (C=O) groups is 1. The minimum Gasteiger partial charge on any atom is -0.491 e. The number of rotatable bonds is 4. The van der Waals surface area contributed by atoms with Gasteiger partial charge in [0.05, 0.1) is 11.7 Å². The molecule has 0 fully saturated rings. The molecule has 0 heterocycles. The Kier molecular flexibility index (Phi) is 4.63. The van der Waals surface area contributed by atoms with E-state index < -0.39 is 23.1 Å². The molecule has 2 rings (SSSR count). The van der Waals surface area contributed by atoms with Crippen molar-refractivity contribution in [2.24, 2.45) is 0 Å². The lowest BCUT2D eigenvalue weighted by Crippen LogP contribution is -2.15. The van der Waals surface area contributed by atoms with Gasteiger partial charge in [0.2, 0.25) is 0 Å². The van der Waals surface area contributed by atoms with Crippen molar-refractivity contribution in [2.75, 3.05) is 5.73 Å². The lowest BCUT2D eigenvalue weighted by atomic mass is 9.97. The number of anilines is 1. The highest BCUT2D eigenvalue weighted by molar-refractivity contribution is 6.13. The summed E-state index contributed by atoms with van der Waals surface area (Å²) >= 11 is 0. The molecule has 0 aliphatic rings. The van der Waals surface area contributed by atoms with Crippen molar-refractivity contribution in [3.63, 3.8) is 0 Å². The molecule has 2 aromatic rings. The van der Waals surface area contributed by atoms with E-state index in [9.17, 15) is 18.0 Å². The number of alkyl halides is 3. The van der Waals surface area contributed by atoms with Crippen molar-refractivity contribution < 1.29 is 22.7 Å². The van der Waals surface area contributed by atoms with Crippen LogP contribution in [0.15, 0.2) is 42.5 Å². The van der Waals surface area contributed by atoms with E-state index in [0.717, 1.165) is 12.1 Å². The highest BCUT2D eigenvalue weighted by Gasteiger charge is 2.35. The molecule has 0 aliphatic carbocycles. The number of nitrogens with two attached hydrogens (primary N) is 1. The second-order valence-electron chi connectivity index (χ2n) is 5.29. The van der Waals surface area contributed by atoms with E-state index in [1.54, 1.807) is 0 Å². The van der Waals surface area contributed by atoms with E-state index in [1.807, 2.05) is 13.8 Å². The van der Waals surface area contributed by atoms with Gasteiger partial charge in [0.15, 0.2) is 5.78 Å². The predicted octanol–water partition coefficient (Wildman–Crippen LogP) is 4.31. The van der Waals surface area contributed by atoms with Gasteiger partial charge in [0, 0.05) is 22.9 Å². The normalized spacial score (nSPS) is 11.6. The molecule has 23 heavy (non-hydrogen) atoms. The molecule has 0 saturated carbocycles. The quantitative estimate of drug-likeness (QED) is 0.674. The second-order valence-corrected chi connectivity index (χ2v) is 5.29. The molecule has 2 N–H and O–H groups in total. The summed E-state index contributed by atoms with van der Waals surface area (Å²) in [7, 11) is 0. The van der Waals surface area contributed by atoms with Gasteiger partial charge in [-0.1, -0.05) is 18.2 Å². The first kappa shape index (κ1) is 16.9. The van der Waals surface area contributed by atoms with Crippen LogP contribution >= 0.6 is 0 Å². The van der Waals surface area contributed by atoms with Crippen LogP contribution in [0, 0.1) is 0 Å². The third-order valence-corrected chi connectivity index (χ3v) is 3.12. The first-order valence-corrected chi connectivity index (χ1v) is 6.97. The average molecular weight is 323 g/mol. The maximum absolute atomic E-state index is 13.0. The van der Waals surface area contributed by atoms with Gasteiger partial charge in [-0.05, 0) is 32.0 Å². The smallest absolute Gasteiger partial charge is 0.417 e. The van der Waals surface area contributed by atoms with Crippen LogP contribution in [0.25, 0.3) is 0 Å². The fraction of sp³-hybridized carbons (Fsp3) is 0.235. The molecular weight excluding hydrogens is 307 g/mol. The molecule has 0 aromatic heterocycles. The van der Waals surface area contributed by atoms with Crippen LogP contribution in [-0.4, -0.2) is 11.9 Å². The Morgan fingerprint density at radius 1 is 1.09 bits per heavy atom. The van der Waals surface area contributed by atoms with Gasteiger partial charge in [-0.15, -0.1) is 0 Å². The second kappa shape index (κ2) is 6.32. The van der Waals surface area contributed by atoms with E-state index in [4.69, 9.17) is 10.5 Å². The summed E-state index contributed by atoms with van der Waals surface area (Å²) in [6.45, 7) is 3.66. The minimum absolute atomic E-state index is 0.0119. The molecule has 0 amide bonds. The van der Waals surface area contributed by atoms with Gasteiger partial charge in [-0.3, -0.25) is 4.79 Å². The number of nitrogen functional groups attached to an aromatic ring is 1. The third kappa shape index (κ3) is 3.83. The Morgan fingerprint density at radius 3 is 2.30 bits per heavy atom. The van der Waals surface area contributed by atoms with Crippen LogP contribution in [0.4, 0.5) is 18.9 Å². The summed E-state index contributed by atoms with van der Waals surface area (Å²) in [5.74, 6) is -0.315. The highest BCUT2D eigenvalue weighted by Crippen LogP contribution is 2.33. The molecule has 2 aromatic carbocycles. The van der Waals surface area contributed by atoms with Crippen LogP contribution in [0.5, 0.6) is 5.75 Å². The Morgan fingerprint density at radius 2 is 1.74 bits per heavy atom.